The average molecular weight is 272 g/mol. The molecule has 106 valence electrons. The average Bonchev–Trinajstić information content (AvgIpc) is 2.48. The number of hydrogen-bond donors (Lipinski definition) is 2. The van der Waals surface area contributed by atoms with Gasteiger partial charge in [-0.15, -0.1) is 0 Å². The lowest BCUT2D eigenvalue weighted by Gasteiger charge is -2.08. The number of anilines is 1. The minimum Gasteiger partial charge on any atom is -0.463 e. The van der Waals surface area contributed by atoms with Crippen LogP contribution in [0.25, 0.3) is 11.1 Å². The van der Waals surface area contributed by atoms with Crippen LogP contribution in [0.1, 0.15) is 25.3 Å². The van der Waals surface area contributed by atoms with Gasteiger partial charge in [0, 0.05) is 18.3 Å². The molecule has 1 aromatic heterocycles. The Morgan fingerprint density at radius 3 is 2.85 bits per heavy atom. The maximum absolute atomic E-state index is 5.99. The van der Waals surface area contributed by atoms with E-state index in [-0.39, 0.29) is 0 Å². The van der Waals surface area contributed by atoms with Crippen LogP contribution < -0.4 is 16.2 Å². The Kier molecular flexibility index (Phi) is 4.90. The van der Waals surface area contributed by atoms with Gasteiger partial charge in [-0.05, 0) is 23.6 Å². The van der Waals surface area contributed by atoms with Gasteiger partial charge in [0.15, 0.2) is 0 Å². The molecular weight excluding hydrogens is 252 g/mol. The molecule has 5 heteroatoms. The van der Waals surface area contributed by atoms with Crippen LogP contribution in [0.3, 0.4) is 0 Å². The number of nitrogen functional groups attached to an aromatic ring is 1. The predicted molar refractivity (Wildman–Crippen MR) is 80.2 cm³/mol. The number of benzene rings is 1. The second-order valence-corrected chi connectivity index (χ2v) is 4.56. The molecule has 0 saturated carbocycles. The zero-order chi connectivity index (χ0) is 14.4. The molecule has 1 aromatic carbocycles. The van der Waals surface area contributed by atoms with Gasteiger partial charge in [-0.25, -0.2) is 4.98 Å². The third-order valence-corrected chi connectivity index (χ3v) is 3.00. The van der Waals surface area contributed by atoms with Crippen molar-refractivity contribution in [3.05, 3.63) is 36.0 Å². The van der Waals surface area contributed by atoms with Crippen LogP contribution in [-0.2, 0) is 6.54 Å². The lowest BCUT2D eigenvalue weighted by molar-refractivity contribution is 0.286. The first-order valence-electron chi connectivity index (χ1n) is 6.79. The highest BCUT2D eigenvalue weighted by atomic mass is 16.5. The molecular formula is C15H20N4O. The SMILES string of the molecule is CCCCOc1ncc(-c2cccc(CN)c2)c(N)n1. The molecule has 0 spiro atoms. The molecule has 0 fully saturated rings. The largest absolute Gasteiger partial charge is 0.463 e. The number of nitrogens with zero attached hydrogens (tertiary/aromatic N) is 2. The molecule has 0 atom stereocenters. The summed E-state index contributed by atoms with van der Waals surface area (Å²) in [6, 6.07) is 8.21. The normalized spacial score (nSPS) is 10.5. The molecule has 2 rings (SSSR count). The number of nitrogens with two attached hydrogens (primary N) is 2. The minimum absolute atomic E-state index is 0.328. The molecule has 0 saturated heterocycles. The predicted octanol–water partition coefficient (Wildman–Crippen LogP) is 2.36. The second kappa shape index (κ2) is 6.86. The first-order chi connectivity index (χ1) is 9.74. The van der Waals surface area contributed by atoms with Gasteiger partial charge < -0.3 is 16.2 Å². The summed E-state index contributed by atoms with van der Waals surface area (Å²) in [5.41, 5.74) is 14.4. The van der Waals surface area contributed by atoms with Crippen LogP contribution in [0.2, 0.25) is 0 Å². The van der Waals surface area contributed by atoms with Crippen LogP contribution in [0, 0.1) is 0 Å². The van der Waals surface area contributed by atoms with E-state index in [4.69, 9.17) is 16.2 Å². The third-order valence-electron chi connectivity index (χ3n) is 3.00. The van der Waals surface area contributed by atoms with E-state index in [1.54, 1.807) is 6.20 Å². The maximum atomic E-state index is 5.99. The van der Waals surface area contributed by atoms with Gasteiger partial charge in [0.25, 0.3) is 0 Å². The van der Waals surface area contributed by atoms with E-state index in [1.807, 2.05) is 24.3 Å². The fourth-order valence-corrected chi connectivity index (χ4v) is 1.84. The summed E-state index contributed by atoms with van der Waals surface area (Å²) in [4.78, 5) is 8.39. The van der Waals surface area contributed by atoms with Crippen LogP contribution in [0.15, 0.2) is 30.5 Å². The van der Waals surface area contributed by atoms with E-state index in [9.17, 15) is 0 Å². The zero-order valence-electron chi connectivity index (χ0n) is 11.7. The first-order valence-corrected chi connectivity index (χ1v) is 6.79. The van der Waals surface area contributed by atoms with Gasteiger partial charge in [0.2, 0.25) is 0 Å². The molecule has 0 amide bonds. The van der Waals surface area contributed by atoms with Crippen molar-refractivity contribution in [1.82, 2.24) is 9.97 Å². The van der Waals surface area contributed by atoms with E-state index in [0.29, 0.717) is 25.0 Å². The summed E-state index contributed by atoms with van der Waals surface area (Å²) in [5.74, 6) is 0.417. The van der Waals surface area contributed by atoms with E-state index in [1.165, 1.54) is 0 Å². The summed E-state index contributed by atoms with van der Waals surface area (Å²) in [6.07, 6.45) is 3.74. The minimum atomic E-state index is 0.328. The van der Waals surface area contributed by atoms with Gasteiger partial charge in [0.1, 0.15) is 5.82 Å². The van der Waals surface area contributed by atoms with Gasteiger partial charge in [-0.3, -0.25) is 0 Å². The quantitative estimate of drug-likeness (QED) is 0.788. The highest BCUT2D eigenvalue weighted by Gasteiger charge is 2.07. The van der Waals surface area contributed by atoms with Crippen molar-refractivity contribution >= 4 is 5.82 Å². The molecule has 0 bridgehead atoms. The third kappa shape index (κ3) is 3.45. The Labute approximate surface area is 119 Å². The summed E-state index contributed by atoms with van der Waals surface area (Å²) >= 11 is 0. The van der Waals surface area contributed by atoms with Gasteiger partial charge >= 0.3 is 6.01 Å². The summed E-state index contributed by atoms with van der Waals surface area (Å²) in [7, 11) is 0. The van der Waals surface area contributed by atoms with E-state index in [0.717, 1.165) is 29.5 Å². The van der Waals surface area contributed by atoms with Crippen molar-refractivity contribution < 1.29 is 4.74 Å². The maximum Gasteiger partial charge on any atom is 0.318 e. The lowest BCUT2D eigenvalue weighted by atomic mass is 10.1. The number of unbranched alkanes of at least 4 members (excludes halogenated alkanes) is 1. The number of hydrogen-bond acceptors (Lipinski definition) is 5. The molecule has 20 heavy (non-hydrogen) atoms. The van der Waals surface area contributed by atoms with Gasteiger partial charge in [-0.2, -0.15) is 4.98 Å². The fourth-order valence-electron chi connectivity index (χ4n) is 1.84. The number of rotatable bonds is 6. The smallest absolute Gasteiger partial charge is 0.318 e. The van der Waals surface area contributed by atoms with Gasteiger partial charge in [-0.1, -0.05) is 31.5 Å². The molecule has 4 N–H and O–H groups in total. The fraction of sp³-hybridized carbons (Fsp3) is 0.333. The topological polar surface area (TPSA) is 87.0 Å². The van der Waals surface area contributed by atoms with E-state index < -0.39 is 0 Å². The lowest BCUT2D eigenvalue weighted by Crippen LogP contribution is -2.04. The Morgan fingerprint density at radius 1 is 1.30 bits per heavy atom. The molecule has 5 nitrogen and oxygen atoms in total. The Bertz CT molecular complexity index is 572. The van der Waals surface area contributed by atoms with Crippen molar-refractivity contribution in [2.45, 2.75) is 26.3 Å². The number of aromatic nitrogens is 2. The highest BCUT2D eigenvalue weighted by Crippen LogP contribution is 2.25. The monoisotopic (exact) mass is 272 g/mol. The molecule has 0 aliphatic carbocycles. The molecule has 0 aliphatic heterocycles. The van der Waals surface area contributed by atoms with Crippen LogP contribution in [-0.4, -0.2) is 16.6 Å². The van der Waals surface area contributed by atoms with Crippen molar-refractivity contribution in [2.24, 2.45) is 5.73 Å². The molecule has 0 radical (unpaired) electrons. The van der Waals surface area contributed by atoms with Crippen molar-refractivity contribution in [2.75, 3.05) is 12.3 Å². The standard InChI is InChI=1S/C15H20N4O/c1-2-3-7-20-15-18-10-13(14(17)19-15)12-6-4-5-11(8-12)9-16/h4-6,8,10H,2-3,7,9,16H2,1H3,(H2,17,18,19). The number of ether oxygens (including phenoxy) is 1. The summed E-state index contributed by atoms with van der Waals surface area (Å²) < 4.78 is 5.44. The second-order valence-electron chi connectivity index (χ2n) is 4.56. The Morgan fingerprint density at radius 2 is 2.15 bits per heavy atom. The van der Waals surface area contributed by atoms with E-state index in [2.05, 4.69) is 16.9 Å². The zero-order valence-corrected chi connectivity index (χ0v) is 11.7. The Hall–Kier alpha value is -2.14. The summed E-state index contributed by atoms with van der Waals surface area (Å²) in [5, 5.41) is 0. The van der Waals surface area contributed by atoms with Crippen LogP contribution in [0.4, 0.5) is 5.82 Å². The van der Waals surface area contributed by atoms with Crippen LogP contribution in [0.5, 0.6) is 6.01 Å². The first kappa shape index (κ1) is 14.3. The molecule has 0 unspecified atom stereocenters. The molecule has 1 heterocycles. The van der Waals surface area contributed by atoms with Crippen molar-refractivity contribution in [1.29, 1.82) is 0 Å². The molecule has 2 aromatic rings. The summed E-state index contributed by atoms with van der Waals surface area (Å²) in [6.45, 7) is 3.21. The van der Waals surface area contributed by atoms with Crippen LogP contribution >= 0.6 is 0 Å². The van der Waals surface area contributed by atoms with Gasteiger partial charge in [0.05, 0.1) is 6.61 Å². The van der Waals surface area contributed by atoms with Crippen molar-refractivity contribution in [3.8, 4) is 17.1 Å². The highest BCUT2D eigenvalue weighted by molar-refractivity contribution is 5.73. The Balaban J connectivity index is 2.20. The van der Waals surface area contributed by atoms with E-state index >= 15 is 0 Å². The molecule has 0 aliphatic rings. The van der Waals surface area contributed by atoms with Crippen molar-refractivity contribution in [3.63, 3.8) is 0 Å².